The second-order valence-corrected chi connectivity index (χ2v) is 7.43. The van der Waals surface area contributed by atoms with Crippen LogP contribution in [-0.2, 0) is 0 Å². The van der Waals surface area contributed by atoms with E-state index in [1.165, 1.54) is 80.0 Å². The predicted molar refractivity (Wildman–Crippen MR) is 103 cm³/mol. The van der Waals surface area contributed by atoms with Gasteiger partial charge in [0, 0.05) is 5.56 Å². The molecule has 1 aromatic carbocycles. The molecule has 1 nitrogen and oxygen atoms in total. The van der Waals surface area contributed by atoms with Gasteiger partial charge >= 0.3 is 0 Å². The fourth-order valence-corrected chi connectivity index (χ4v) is 3.65. The van der Waals surface area contributed by atoms with Crippen molar-refractivity contribution < 1.29 is 5.11 Å². The van der Waals surface area contributed by atoms with Crippen molar-refractivity contribution in [3.05, 3.63) is 27.8 Å². The normalized spacial score (nSPS) is 12.6. The van der Waals surface area contributed by atoms with E-state index in [1.54, 1.807) is 0 Å². The number of phenolic OH excluding ortho intramolecular Hbond substituents is 1. The maximum Gasteiger partial charge on any atom is 0.122 e. The Kier molecular flexibility index (Phi) is 8.73. The zero-order valence-corrected chi connectivity index (χ0v) is 16.4. The molecular formula is C22H38O. The van der Waals surface area contributed by atoms with E-state index in [-0.39, 0.29) is 0 Å². The third-order valence-corrected chi connectivity index (χ3v) is 5.69. The lowest BCUT2D eigenvalue weighted by atomic mass is 9.85. The van der Waals surface area contributed by atoms with E-state index in [0.29, 0.717) is 11.7 Å². The number of aromatic hydroxyl groups is 1. The van der Waals surface area contributed by atoms with Crippen LogP contribution >= 0.6 is 0 Å². The van der Waals surface area contributed by atoms with E-state index in [2.05, 4.69) is 34.6 Å². The van der Waals surface area contributed by atoms with Crippen LogP contribution < -0.4 is 0 Å². The van der Waals surface area contributed by atoms with Gasteiger partial charge in [0.1, 0.15) is 5.75 Å². The number of phenols is 1. The molecule has 1 aromatic rings. The van der Waals surface area contributed by atoms with Crippen molar-refractivity contribution in [1.29, 1.82) is 0 Å². The smallest absolute Gasteiger partial charge is 0.122 e. The van der Waals surface area contributed by atoms with Gasteiger partial charge in [0.2, 0.25) is 0 Å². The average molecular weight is 319 g/mol. The summed E-state index contributed by atoms with van der Waals surface area (Å²) in [5.41, 5.74) is 6.12. The third kappa shape index (κ3) is 5.55. The minimum atomic E-state index is 0.452. The van der Waals surface area contributed by atoms with Crippen LogP contribution in [0.3, 0.4) is 0 Å². The van der Waals surface area contributed by atoms with Gasteiger partial charge in [-0.05, 0) is 62.3 Å². The summed E-state index contributed by atoms with van der Waals surface area (Å²) in [5, 5.41) is 10.6. The van der Waals surface area contributed by atoms with Crippen LogP contribution in [0.25, 0.3) is 0 Å². The van der Waals surface area contributed by atoms with Gasteiger partial charge in [0.05, 0.1) is 0 Å². The van der Waals surface area contributed by atoms with Gasteiger partial charge < -0.3 is 5.11 Å². The van der Waals surface area contributed by atoms with Crippen molar-refractivity contribution >= 4 is 0 Å². The zero-order valence-electron chi connectivity index (χ0n) is 16.4. The molecule has 0 heterocycles. The molecule has 0 aliphatic heterocycles. The molecular weight excluding hydrogens is 280 g/mol. The second kappa shape index (κ2) is 10.0. The van der Waals surface area contributed by atoms with Crippen molar-refractivity contribution in [2.24, 2.45) is 0 Å². The highest BCUT2D eigenvalue weighted by atomic mass is 16.3. The molecule has 0 saturated carbocycles. The van der Waals surface area contributed by atoms with E-state index >= 15 is 0 Å². The summed E-state index contributed by atoms with van der Waals surface area (Å²) in [4.78, 5) is 0. The molecule has 0 amide bonds. The van der Waals surface area contributed by atoms with Gasteiger partial charge in [-0.25, -0.2) is 0 Å². The van der Waals surface area contributed by atoms with Crippen LogP contribution in [0, 0.1) is 27.7 Å². The molecule has 0 aliphatic rings. The largest absolute Gasteiger partial charge is 0.507 e. The topological polar surface area (TPSA) is 20.2 Å². The highest BCUT2D eigenvalue weighted by molar-refractivity contribution is 5.54. The molecule has 0 bridgehead atoms. The quantitative estimate of drug-likeness (QED) is 0.450. The molecule has 1 N–H and O–H groups in total. The van der Waals surface area contributed by atoms with Crippen molar-refractivity contribution in [1.82, 2.24) is 0 Å². The average Bonchev–Trinajstić information content (AvgIpc) is 2.53. The number of rotatable bonds is 10. The number of hydrogen-bond donors (Lipinski definition) is 1. The standard InChI is InChI=1S/C22H38O/c1-7-8-9-10-11-12-13-14-15-16(2)21-19(5)17(3)18(4)20(6)22(21)23/h16,23H,7-15H2,1-6H3. The lowest BCUT2D eigenvalue weighted by Crippen LogP contribution is -2.03. The Hall–Kier alpha value is -0.980. The molecule has 0 aliphatic carbocycles. The third-order valence-electron chi connectivity index (χ3n) is 5.69. The van der Waals surface area contributed by atoms with Crippen LogP contribution in [-0.4, -0.2) is 5.11 Å². The molecule has 0 saturated heterocycles. The van der Waals surface area contributed by atoms with Crippen molar-refractivity contribution in [2.45, 2.75) is 105 Å². The summed E-state index contributed by atoms with van der Waals surface area (Å²) >= 11 is 0. The number of unbranched alkanes of at least 4 members (excludes halogenated alkanes) is 7. The summed E-state index contributed by atoms with van der Waals surface area (Å²) in [5.74, 6) is 0.991. The second-order valence-electron chi connectivity index (χ2n) is 7.43. The molecule has 0 radical (unpaired) electrons. The monoisotopic (exact) mass is 318 g/mol. The molecule has 23 heavy (non-hydrogen) atoms. The Morgan fingerprint density at radius 1 is 0.696 bits per heavy atom. The maximum atomic E-state index is 10.6. The molecule has 1 unspecified atom stereocenters. The lowest BCUT2D eigenvalue weighted by Gasteiger charge is -2.22. The van der Waals surface area contributed by atoms with Gasteiger partial charge in [-0.3, -0.25) is 0 Å². The van der Waals surface area contributed by atoms with E-state index in [9.17, 15) is 5.11 Å². The SMILES string of the molecule is CCCCCCCCCCC(C)c1c(C)c(C)c(C)c(C)c1O. The Morgan fingerprint density at radius 3 is 1.74 bits per heavy atom. The van der Waals surface area contributed by atoms with Crippen LogP contribution in [0.15, 0.2) is 0 Å². The van der Waals surface area contributed by atoms with Crippen molar-refractivity contribution in [3.63, 3.8) is 0 Å². The van der Waals surface area contributed by atoms with Gasteiger partial charge in [-0.15, -0.1) is 0 Å². The van der Waals surface area contributed by atoms with Crippen molar-refractivity contribution in [3.8, 4) is 5.75 Å². The first-order valence-electron chi connectivity index (χ1n) is 9.70. The van der Waals surface area contributed by atoms with Crippen LogP contribution in [0.2, 0.25) is 0 Å². The zero-order chi connectivity index (χ0) is 17.4. The van der Waals surface area contributed by atoms with E-state index in [4.69, 9.17) is 0 Å². The minimum Gasteiger partial charge on any atom is -0.507 e. The molecule has 0 aromatic heterocycles. The fraction of sp³-hybridized carbons (Fsp3) is 0.727. The fourth-order valence-electron chi connectivity index (χ4n) is 3.65. The van der Waals surface area contributed by atoms with Crippen LogP contribution in [0.4, 0.5) is 0 Å². The molecule has 1 heteroatoms. The van der Waals surface area contributed by atoms with Crippen molar-refractivity contribution in [2.75, 3.05) is 0 Å². The Balaban J connectivity index is 2.48. The minimum absolute atomic E-state index is 0.452. The predicted octanol–water partition coefficient (Wildman–Crippen LogP) is 7.26. The molecule has 1 atom stereocenters. The van der Waals surface area contributed by atoms with Gasteiger partial charge in [-0.1, -0.05) is 65.2 Å². The Morgan fingerprint density at radius 2 is 1.17 bits per heavy atom. The Labute approximate surface area is 144 Å². The summed E-state index contributed by atoms with van der Waals surface area (Å²) in [7, 11) is 0. The highest BCUT2D eigenvalue weighted by Gasteiger charge is 2.18. The highest BCUT2D eigenvalue weighted by Crippen LogP contribution is 2.38. The molecule has 0 fully saturated rings. The molecule has 132 valence electrons. The van der Waals surface area contributed by atoms with Crippen LogP contribution in [0.5, 0.6) is 5.75 Å². The van der Waals surface area contributed by atoms with Crippen LogP contribution in [0.1, 0.15) is 105 Å². The first-order chi connectivity index (χ1) is 10.9. The summed E-state index contributed by atoms with van der Waals surface area (Å²) in [6.45, 7) is 13.1. The molecule has 1 rings (SSSR count). The first kappa shape index (κ1) is 20.1. The first-order valence-corrected chi connectivity index (χ1v) is 9.70. The number of benzene rings is 1. The number of hydrogen-bond acceptors (Lipinski definition) is 1. The molecule has 0 spiro atoms. The van der Waals surface area contributed by atoms with E-state index in [0.717, 1.165) is 5.56 Å². The van der Waals surface area contributed by atoms with E-state index in [1.807, 2.05) is 6.92 Å². The van der Waals surface area contributed by atoms with Gasteiger partial charge in [0.15, 0.2) is 0 Å². The van der Waals surface area contributed by atoms with Gasteiger partial charge in [-0.2, -0.15) is 0 Å². The maximum absolute atomic E-state index is 10.6. The lowest BCUT2D eigenvalue weighted by molar-refractivity contribution is 0.451. The van der Waals surface area contributed by atoms with E-state index < -0.39 is 0 Å². The van der Waals surface area contributed by atoms with Gasteiger partial charge in [0.25, 0.3) is 0 Å². The summed E-state index contributed by atoms with van der Waals surface area (Å²) in [6.07, 6.45) is 12.1. The summed E-state index contributed by atoms with van der Waals surface area (Å²) < 4.78 is 0. The summed E-state index contributed by atoms with van der Waals surface area (Å²) in [6, 6.07) is 0. The Bertz CT molecular complexity index is 458.